The maximum Gasteiger partial charge on any atom is 0.336 e. The molecule has 0 fully saturated rings. The summed E-state index contributed by atoms with van der Waals surface area (Å²) in [6, 6.07) is 15.8. The highest BCUT2D eigenvalue weighted by Gasteiger charge is 2.32. The number of rotatable bonds is 2. The van der Waals surface area contributed by atoms with E-state index in [1.807, 2.05) is 55.5 Å². The van der Waals surface area contributed by atoms with Crippen molar-refractivity contribution < 1.29 is 14.3 Å². The smallest absolute Gasteiger partial charge is 0.336 e. The first kappa shape index (κ1) is 14.8. The summed E-state index contributed by atoms with van der Waals surface area (Å²) in [6.07, 6.45) is 1.63. The van der Waals surface area contributed by atoms with E-state index in [0.717, 1.165) is 53.4 Å². The van der Waals surface area contributed by atoms with Gasteiger partial charge < -0.3 is 14.4 Å². The summed E-state index contributed by atoms with van der Waals surface area (Å²) in [7, 11) is 0. The minimum absolute atomic E-state index is 0.230. The Labute approximate surface area is 141 Å². The molecule has 0 saturated heterocycles. The first-order chi connectivity index (χ1) is 11.8. The minimum atomic E-state index is -0.230. The predicted octanol–water partition coefficient (Wildman–Crippen LogP) is 4.37. The fourth-order valence-corrected chi connectivity index (χ4v) is 3.41. The standard InChI is InChI=1S/C20H19NO3/c1-2-23-20(22)15-9-7-13-21-16-10-4-6-12-18(16)24-17-11-5-3-8-14(17)19(15)21/h3-6,8,10-12H,2,7,9,13H2,1H3. The molecule has 2 heterocycles. The second kappa shape index (κ2) is 6.04. The first-order valence-corrected chi connectivity index (χ1v) is 8.33. The number of hydrogen-bond acceptors (Lipinski definition) is 4. The number of ether oxygens (including phenoxy) is 2. The lowest BCUT2D eigenvalue weighted by atomic mass is 9.96. The Morgan fingerprint density at radius 2 is 1.88 bits per heavy atom. The van der Waals surface area contributed by atoms with E-state index < -0.39 is 0 Å². The van der Waals surface area contributed by atoms with Crippen molar-refractivity contribution >= 4 is 17.4 Å². The number of benzene rings is 2. The van der Waals surface area contributed by atoms with Crippen LogP contribution in [0.1, 0.15) is 25.3 Å². The quantitative estimate of drug-likeness (QED) is 0.770. The highest BCUT2D eigenvalue weighted by molar-refractivity contribution is 6.03. The van der Waals surface area contributed by atoms with Gasteiger partial charge in [0.2, 0.25) is 0 Å². The molecule has 24 heavy (non-hydrogen) atoms. The summed E-state index contributed by atoms with van der Waals surface area (Å²) in [4.78, 5) is 14.7. The van der Waals surface area contributed by atoms with Crippen LogP contribution in [0.5, 0.6) is 11.5 Å². The molecule has 4 rings (SSSR count). The number of carbonyl (C=O) groups is 1. The number of nitrogens with zero attached hydrogens (tertiary/aromatic N) is 1. The zero-order valence-corrected chi connectivity index (χ0v) is 13.6. The van der Waals surface area contributed by atoms with Gasteiger partial charge in [-0.05, 0) is 44.0 Å². The summed E-state index contributed by atoms with van der Waals surface area (Å²) >= 11 is 0. The van der Waals surface area contributed by atoms with Gasteiger partial charge in [-0.1, -0.05) is 24.3 Å². The van der Waals surface area contributed by atoms with Crippen molar-refractivity contribution in [3.8, 4) is 11.5 Å². The Hall–Kier alpha value is -2.75. The Bertz CT molecular complexity index is 825. The van der Waals surface area contributed by atoms with Crippen molar-refractivity contribution in [3.63, 3.8) is 0 Å². The molecule has 4 heteroatoms. The second-order valence-electron chi connectivity index (χ2n) is 5.87. The summed E-state index contributed by atoms with van der Waals surface area (Å²) in [5.74, 6) is 1.35. The largest absolute Gasteiger partial charge is 0.463 e. The number of carbonyl (C=O) groups excluding carboxylic acids is 1. The Morgan fingerprint density at radius 1 is 1.12 bits per heavy atom. The van der Waals surface area contributed by atoms with Gasteiger partial charge in [0.1, 0.15) is 5.75 Å². The fourth-order valence-electron chi connectivity index (χ4n) is 3.41. The molecule has 0 bridgehead atoms. The van der Waals surface area contributed by atoms with E-state index >= 15 is 0 Å². The van der Waals surface area contributed by atoms with E-state index in [0.29, 0.717) is 6.61 Å². The van der Waals surface area contributed by atoms with E-state index in [1.54, 1.807) is 0 Å². The molecule has 122 valence electrons. The molecule has 4 nitrogen and oxygen atoms in total. The topological polar surface area (TPSA) is 38.8 Å². The number of fused-ring (bicyclic) bond motifs is 5. The second-order valence-corrected chi connectivity index (χ2v) is 5.87. The Morgan fingerprint density at radius 3 is 2.71 bits per heavy atom. The highest BCUT2D eigenvalue weighted by atomic mass is 16.5. The monoisotopic (exact) mass is 321 g/mol. The number of esters is 1. The predicted molar refractivity (Wildman–Crippen MR) is 93.1 cm³/mol. The normalized spacial score (nSPS) is 15.6. The van der Waals surface area contributed by atoms with Crippen molar-refractivity contribution in [2.24, 2.45) is 0 Å². The van der Waals surface area contributed by atoms with Crippen LogP contribution in [0.2, 0.25) is 0 Å². The lowest BCUT2D eigenvalue weighted by molar-refractivity contribution is -0.138. The Kier molecular flexibility index (Phi) is 3.73. The molecule has 0 N–H and O–H groups in total. The molecule has 2 aliphatic heterocycles. The molecule has 2 aliphatic rings. The molecule has 0 spiro atoms. The van der Waals surface area contributed by atoms with Gasteiger partial charge in [-0.15, -0.1) is 0 Å². The molecule has 0 radical (unpaired) electrons. The van der Waals surface area contributed by atoms with Crippen LogP contribution in [0, 0.1) is 0 Å². The molecule has 0 amide bonds. The van der Waals surface area contributed by atoms with Gasteiger partial charge in [0.25, 0.3) is 0 Å². The number of anilines is 1. The molecule has 0 unspecified atom stereocenters. The van der Waals surface area contributed by atoms with Gasteiger partial charge in [0, 0.05) is 12.1 Å². The summed E-state index contributed by atoms with van der Waals surface area (Å²) in [5, 5.41) is 0. The zero-order valence-electron chi connectivity index (χ0n) is 13.6. The van der Waals surface area contributed by atoms with Crippen molar-refractivity contribution in [3.05, 3.63) is 59.7 Å². The summed E-state index contributed by atoms with van der Waals surface area (Å²) in [6.45, 7) is 3.07. The Balaban J connectivity index is 1.98. The fraction of sp³-hybridized carbons (Fsp3) is 0.250. The third kappa shape index (κ3) is 2.35. The maximum absolute atomic E-state index is 12.5. The lowest BCUT2D eigenvalue weighted by Crippen LogP contribution is -2.30. The summed E-state index contributed by atoms with van der Waals surface area (Å²) < 4.78 is 11.5. The van der Waals surface area contributed by atoms with E-state index in [9.17, 15) is 4.79 Å². The molecule has 0 aromatic heterocycles. The number of hydrogen-bond donors (Lipinski definition) is 0. The van der Waals surface area contributed by atoms with Crippen LogP contribution in [-0.4, -0.2) is 19.1 Å². The van der Waals surface area contributed by atoms with Crippen LogP contribution in [0.15, 0.2) is 54.1 Å². The van der Waals surface area contributed by atoms with Crippen LogP contribution in [0.3, 0.4) is 0 Å². The van der Waals surface area contributed by atoms with Gasteiger partial charge >= 0.3 is 5.97 Å². The molecule has 0 atom stereocenters. The van der Waals surface area contributed by atoms with E-state index in [4.69, 9.17) is 9.47 Å². The molecule has 0 aliphatic carbocycles. The van der Waals surface area contributed by atoms with Crippen LogP contribution in [0.4, 0.5) is 5.69 Å². The average molecular weight is 321 g/mol. The van der Waals surface area contributed by atoms with Gasteiger partial charge in [-0.3, -0.25) is 0 Å². The van der Waals surface area contributed by atoms with Gasteiger partial charge in [0.15, 0.2) is 5.75 Å². The van der Waals surface area contributed by atoms with Crippen molar-refractivity contribution in [2.45, 2.75) is 19.8 Å². The van der Waals surface area contributed by atoms with Crippen molar-refractivity contribution in [1.29, 1.82) is 0 Å². The van der Waals surface area contributed by atoms with Gasteiger partial charge in [-0.25, -0.2) is 4.79 Å². The third-order valence-corrected chi connectivity index (χ3v) is 4.40. The third-order valence-electron chi connectivity index (χ3n) is 4.40. The lowest BCUT2D eigenvalue weighted by Gasteiger charge is -2.32. The van der Waals surface area contributed by atoms with Gasteiger partial charge in [-0.2, -0.15) is 0 Å². The number of para-hydroxylation sites is 3. The molecular formula is C20H19NO3. The molecule has 0 saturated carbocycles. The molecular weight excluding hydrogens is 302 g/mol. The van der Waals surface area contributed by atoms with E-state index in [2.05, 4.69) is 4.90 Å². The van der Waals surface area contributed by atoms with Crippen LogP contribution in [-0.2, 0) is 9.53 Å². The van der Waals surface area contributed by atoms with E-state index in [-0.39, 0.29) is 5.97 Å². The van der Waals surface area contributed by atoms with Crippen LogP contribution >= 0.6 is 0 Å². The SMILES string of the molecule is CCOC(=O)C1=C2c3ccccc3Oc3ccccc3N2CCC1. The average Bonchev–Trinajstić information content (AvgIpc) is 2.76. The highest BCUT2D eigenvalue weighted by Crippen LogP contribution is 2.46. The van der Waals surface area contributed by atoms with Crippen molar-refractivity contribution in [1.82, 2.24) is 0 Å². The van der Waals surface area contributed by atoms with Crippen LogP contribution < -0.4 is 9.64 Å². The van der Waals surface area contributed by atoms with Crippen LogP contribution in [0.25, 0.3) is 5.70 Å². The van der Waals surface area contributed by atoms with Gasteiger partial charge in [0.05, 0.1) is 23.6 Å². The maximum atomic E-state index is 12.5. The van der Waals surface area contributed by atoms with E-state index in [1.165, 1.54) is 0 Å². The molecule has 2 aromatic carbocycles. The minimum Gasteiger partial charge on any atom is -0.463 e. The molecule has 2 aromatic rings. The summed E-state index contributed by atoms with van der Waals surface area (Å²) in [5.41, 5.74) is 3.58. The van der Waals surface area contributed by atoms with Crippen molar-refractivity contribution in [2.75, 3.05) is 18.1 Å². The zero-order chi connectivity index (χ0) is 16.5. The first-order valence-electron chi connectivity index (χ1n) is 8.33.